The van der Waals surface area contributed by atoms with Crippen molar-refractivity contribution in [1.29, 1.82) is 0 Å². The van der Waals surface area contributed by atoms with E-state index in [-0.39, 0.29) is 12.5 Å². The molecule has 0 fully saturated rings. The molecule has 1 heterocycles. The van der Waals surface area contributed by atoms with Crippen LogP contribution < -0.4 is 14.8 Å². The molecule has 0 atom stereocenters. The zero-order valence-electron chi connectivity index (χ0n) is 15.0. The van der Waals surface area contributed by atoms with E-state index in [1.54, 1.807) is 36.4 Å². The Kier molecular flexibility index (Phi) is 6.68. The highest BCUT2D eigenvalue weighted by molar-refractivity contribution is 6.35. The molecule has 6 nitrogen and oxygen atoms in total. The Balaban J connectivity index is 1.62. The van der Waals surface area contributed by atoms with Crippen molar-refractivity contribution < 1.29 is 14.3 Å². The van der Waals surface area contributed by atoms with Gasteiger partial charge in [-0.15, -0.1) is 10.2 Å². The summed E-state index contributed by atoms with van der Waals surface area (Å²) in [4.78, 5) is 12.2. The first-order valence-electron chi connectivity index (χ1n) is 8.50. The summed E-state index contributed by atoms with van der Waals surface area (Å²) >= 11 is 11.9. The molecule has 1 aromatic heterocycles. The molecule has 0 aliphatic rings. The van der Waals surface area contributed by atoms with Gasteiger partial charge in [0.25, 0.3) is 5.91 Å². The molecule has 0 saturated carbocycles. The van der Waals surface area contributed by atoms with Gasteiger partial charge in [0, 0.05) is 22.3 Å². The Morgan fingerprint density at radius 1 is 1.04 bits per heavy atom. The maximum absolute atomic E-state index is 12.2. The number of amides is 1. The van der Waals surface area contributed by atoms with Crippen LogP contribution in [0.1, 0.15) is 6.92 Å². The number of nitrogens with one attached hydrogen (secondary N) is 1. The van der Waals surface area contributed by atoms with Gasteiger partial charge in [0.15, 0.2) is 6.61 Å². The highest BCUT2D eigenvalue weighted by Gasteiger charge is 2.08. The summed E-state index contributed by atoms with van der Waals surface area (Å²) in [6.07, 6.45) is 0. The number of benzene rings is 2. The lowest BCUT2D eigenvalue weighted by Gasteiger charge is -2.10. The quantitative estimate of drug-likeness (QED) is 0.593. The number of anilines is 1. The van der Waals surface area contributed by atoms with Gasteiger partial charge in [-0.05, 0) is 43.3 Å². The van der Waals surface area contributed by atoms with Gasteiger partial charge in [0.1, 0.15) is 5.75 Å². The van der Waals surface area contributed by atoms with E-state index in [9.17, 15) is 4.79 Å². The fourth-order valence-corrected chi connectivity index (χ4v) is 2.85. The van der Waals surface area contributed by atoms with E-state index in [0.717, 1.165) is 5.56 Å². The number of carbonyl (C=O) groups excluding carboxylic acids is 1. The summed E-state index contributed by atoms with van der Waals surface area (Å²) in [5.41, 5.74) is 2.10. The van der Waals surface area contributed by atoms with E-state index in [0.29, 0.717) is 39.7 Å². The predicted molar refractivity (Wildman–Crippen MR) is 109 cm³/mol. The zero-order chi connectivity index (χ0) is 19.9. The van der Waals surface area contributed by atoms with Gasteiger partial charge in [0.05, 0.1) is 17.3 Å². The molecular formula is C20H17Cl2N3O3. The van der Waals surface area contributed by atoms with E-state index in [1.807, 2.05) is 25.1 Å². The zero-order valence-corrected chi connectivity index (χ0v) is 16.5. The largest absolute Gasteiger partial charge is 0.482 e. The molecule has 0 saturated heterocycles. The second-order valence-electron chi connectivity index (χ2n) is 5.68. The summed E-state index contributed by atoms with van der Waals surface area (Å²) < 4.78 is 10.7. The molecule has 3 rings (SSSR count). The van der Waals surface area contributed by atoms with Crippen molar-refractivity contribution in [2.24, 2.45) is 0 Å². The highest BCUT2D eigenvalue weighted by atomic mass is 35.5. The normalized spacial score (nSPS) is 10.4. The summed E-state index contributed by atoms with van der Waals surface area (Å²) in [5.74, 6) is 0.536. The number of aromatic nitrogens is 2. The van der Waals surface area contributed by atoms with Crippen LogP contribution in [0.4, 0.5) is 5.69 Å². The lowest BCUT2D eigenvalue weighted by atomic mass is 10.1. The summed E-state index contributed by atoms with van der Waals surface area (Å²) in [6, 6.07) is 15.6. The third-order valence-electron chi connectivity index (χ3n) is 3.63. The summed E-state index contributed by atoms with van der Waals surface area (Å²) in [7, 11) is 0. The minimum absolute atomic E-state index is 0.186. The fraction of sp³-hybridized carbons (Fsp3) is 0.150. The van der Waals surface area contributed by atoms with Gasteiger partial charge >= 0.3 is 0 Å². The molecule has 0 aliphatic heterocycles. The van der Waals surface area contributed by atoms with Crippen molar-refractivity contribution in [3.63, 3.8) is 0 Å². The van der Waals surface area contributed by atoms with Crippen LogP contribution in [0.25, 0.3) is 11.3 Å². The lowest BCUT2D eigenvalue weighted by Crippen LogP contribution is -2.20. The molecular weight excluding hydrogens is 401 g/mol. The maximum Gasteiger partial charge on any atom is 0.262 e. The standard InChI is InChI=1S/C20H17Cl2N3O3/c1-2-27-20-9-7-17(24-25-20)13-4-3-5-15(10-13)23-19(26)12-28-18-8-6-14(21)11-16(18)22/h3-11H,2,12H2,1H3,(H,23,26). The molecule has 0 bridgehead atoms. The third-order valence-corrected chi connectivity index (χ3v) is 4.16. The lowest BCUT2D eigenvalue weighted by molar-refractivity contribution is -0.118. The number of hydrogen-bond donors (Lipinski definition) is 1. The number of hydrogen-bond acceptors (Lipinski definition) is 5. The molecule has 1 amide bonds. The van der Waals surface area contributed by atoms with Crippen molar-refractivity contribution >= 4 is 34.8 Å². The van der Waals surface area contributed by atoms with E-state index in [2.05, 4.69) is 15.5 Å². The molecule has 1 N–H and O–H groups in total. The molecule has 0 aliphatic carbocycles. The van der Waals surface area contributed by atoms with Crippen LogP contribution in [0.15, 0.2) is 54.6 Å². The van der Waals surface area contributed by atoms with Crippen molar-refractivity contribution in [1.82, 2.24) is 10.2 Å². The number of rotatable bonds is 7. The molecule has 0 spiro atoms. The van der Waals surface area contributed by atoms with E-state index >= 15 is 0 Å². The van der Waals surface area contributed by atoms with Crippen LogP contribution >= 0.6 is 23.2 Å². The SMILES string of the molecule is CCOc1ccc(-c2cccc(NC(=O)COc3ccc(Cl)cc3Cl)c2)nn1. The summed E-state index contributed by atoms with van der Waals surface area (Å²) in [5, 5.41) is 11.8. The van der Waals surface area contributed by atoms with Gasteiger partial charge in [-0.2, -0.15) is 0 Å². The maximum atomic E-state index is 12.2. The van der Waals surface area contributed by atoms with Crippen LogP contribution in [0, 0.1) is 0 Å². The minimum atomic E-state index is -0.319. The van der Waals surface area contributed by atoms with Gasteiger partial charge in [0.2, 0.25) is 5.88 Å². The van der Waals surface area contributed by atoms with Crippen molar-refractivity contribution in [3.8, 4) is 22.9 Å². The van der Waals surface area contributed by atoms with Gasteiger partial charge in [-0.1, -0.05) is 35.3 Å². The highest BCUT2D eigenvalue weighted by Crippen LogP contribution is 2.27. The minimum Gasteiger partial charge on any atom is -0.482 e. The predicted octanol–water partition coefficient (Wildman–Crippen LogP) is 4.87. The number of nitrogens with zero attached hydrogens (tertiary/aromatic N) is 2. The van der Waals surface area contributed by atoms with Crippen molar-refractivity contribution in [3.05, 3.63) is 64.6 Å². The first kappa shape index (κ1) is 19.9. The Morgan fingerprint density at radius 3 is 2.61 bits per heavy atom. The van der Waals surface area contributed by atoms with Crippen molar-refractivity contribution in [2.75, 3.05) is 18.5 Å². The van der Waals surface area contributed by atoms with Crippen LogP contribution in [0.5, 0.6) is 11.6 Å². The first-order chi connectivity index (χ1) is 13.5. The van der Waals surface area contributed by atoms with Crippen LogP contribution in [-0.4, -0.2) is 29.3 Å². The molecule has 3 aromatic rings. The van der Waals surface area contributed by atoms with E-state index in [1.165, 1.54) is 0 Å². The number of carbonyl (C=O) groups is 1. The first-order valence-corrected chi connectivity index (χ1v) is 9.25. The Labute approximate surface area is 172 Å². The molecule has 0 unspecified atom stereocenters. The van der Waals surface area contributed by atoms with Crippen LogP contribution in [-0.2, 0) is 4.79 Å². The average Bonchev–Trinajstić information content (AvgIpc) is 2.68. The van der Waals surface area contributed by atoms with Crippen molar-refractivity contribution in [2.45, 2.75) is 6.92 Å². The Hall–Kier alpha value is -2.83. The monoisotopic (exact) mass is 417 g/mol. The number of halogens is 2. The van der Waals surface area contributed by atoms with Crippen LogP contribution in [0.3, 0.4) is 0 Å². The van der Waals surface area contributed by atoms with E-state index < -0.39 is 0 Å². The molecule has 144 valence electrons. The van der Waals surface area contributed by atoms with Crippen LogP contribution in [0.2, 0.25) is 10.0 Å². The Morgan fingerprint density at radius 2 is 1.89 bits per heavy atom. The Bertz CT molecular complexity index is 965. The molecule has 8 heteroatoms. The van der Waals surface area contributed by atoms with Gasteiger partial charge < -0.3 is 14.8 Å². The third kappa shape index (κ3) is 5.34. The molecule has 28 heavy (non-hydrogen) atoms. The topological polar surface area (TPSA) is 73.3 Å². The number of ether oxygens (including phenoxy) is 2. The molecule has 0 radical (unpaired) electrons. The summed E-state index contributed by atoms with van der Waals surface area (Å²) in [6.45, 7) is 2.22. The fourth-order valence-electron chi connectivity index (χ4n) is 2.39. The second kappa shape index (κ2) is 9.39. The van der Waals surface area contributed by atoms with Gasteiger partial charge in [-0.3, -0.25) is 4.79 Å². The second-order valence-corrected chi connectivity index (χ2v) is 6.53. The molecule has 2 aromatic carbocycles. The van der Waals surface area contributed by atoms with E-state index in [4.69, 9.17) is 32.7 Å². The van der Waals surface area contributed by atoms with Gasteiger partial charge in [-0.25, -0.2) is 0 Å². The average molecular weight is 418 g/mol. The smallest absolute Gasteiger partial charge is 0.262 e.